The van der Waals surface area contributed by atoms with E-state index in [9.17, 15) is 0 Å². The number of nitrogens with one attached hydrogen (secondary N) is 1. The molecule has 0 bridgehead atoms. The summed E-state index contributed by atoms with van der Waals surface area (Å²) in [4.78, 5) is 7.09. The maximum absolute atomic E-state index is 4.81. The van der Waals surface area contributed by atoms with Crippen LogP contribution in [0.2, 0.25) is 0 Å². The third-order valence-electron chi connectivity index (χ3n) is 3.68. The van der Waals surface area contributed by atoms with Gasteiger partial charge < -0.3 is 10.2 Å². The van der Waals surface area contributed by atoms with Crippen LogP contribution in [0, 0.1) is 0 Å². The molecule has 0 aliphatic rings. The van der Waals surface area contributed by atoms with Crippen molar-refractivity contribution in [2.24, 2.45) is 0 Å². The molecule has 0 aliphatic carbocycles. The molecule has 1 atom stereocenters. The normalized spacial score (nSPS) is 12.8. The van der Waals surface area contributed by atoms with Gasteiger partial charge in [0.05, 0.1) is 0 Å². The Labute approximate surface area is 118 Å². The van der Waals surface area contributed by atoms with Crippen molar-refractivity contribution in [1.29, 1.82) is 0 Å². The van der Waals surface area contributed by atoms with Gasteiger partial charge in [-0.25, -0.2) is 4.98 Å². The number of hydrogen-bond acceptors (Lipinski definition) is 3. The predicted molar refractivity (Wildman–Crippen MR) is 83.9 cm³/mol. The van der Waals surface area contributed by atoms with Gasteiger partial charge in [0.1, 0.15) is 5.82 Å². The summed E-state index contributed by atoms with van der Waals surface area (Å²) >= 11 is 0. The molecule has 0 amide bonds. The maximum Gasteiger partial charge on any atom is 0.129 e. The summed E-state index contributed by atoms with van der Waals surface area (Å²) in [7, 11) is 2.14. The van der Waals surface area contributed by atoms with E-state index in [1.165, 1.54) is 11.3 Å². The van der Waals surface area contributed by atoms with Crippen molar-refractivity contribution >= 4 is 5.82 Å². The van der Waals surface area contributed by atoms with E-state index in [2.05, 4.69) is 64.0 Å². The molecule has 0 fully saturated rings. The Bertz CT molecular complexity index is 388. The van der Waals surface area contributed by atoms with Gasteiger partial charge >= 0.3 is 0 Å². The van der Waals surface area contributed by atoms with Crippen molar-refractivity contribution in [2.75, 3.05) is 18.5 Å². The van der Waals surface area contributed by atoms with Gasteiger partial charge in [0.25, 0.3) is 0 Å². The molecule has 0 saturated heterocycles. The first-order valence-corrected chi connectivity index (χ1v) is 7.43. The summed E-state index contributed by atoms with van der Waals surface area (Å²) in [6, 6.07) is 4.95. The second-order valence-electron chi connectivity index (χ2n) is 5.56. The summed E-state index contributed by atoms with van der Waals surface area (Å²) in [5.41, 5.74) is 2.51. The standard InChI is InChI=1S/C16H29N3/c1-7-13(5)19(6)16-10-14(11-17-8-2)9-15(18-16)12(3)4/h9-10,12-13,17H,7-8,11H2,1-6H3. The van der Waals surface area contributed by atoms with Crippen LogP contribution in [0.4, 0.5) is 5.82 Å². The van der Waals surface area contributed by atoms with Crippen LogP contribution >= 0.6 is 0 Å². The molecule has 3 heteroatoms. The molecule has 0 radical (unpaired) electrons. The fraction of sp³-hybridized carbons (Fsp3) is 0.688. The fourth-order valence-corrected chi connectivity index (χ4v) is 1.94. The highest BCUT2D eigenvalue weighted by Crippen LogP contribution is 2.21. The van der Waals surface area contributed by atoms with E-state index in [4.69, 9.17) is 4.98 Å². The molecule has 0 aliphatic heterocycles. The molecule has 19 heavy (non-hydrogen) atoms. The highest BCUT2D eigenvalue weighted by Gasteiger charge is 2.12. The van der Waals surface area contributed by atoms with Gasteiger partial charge in [-0.05, 0) is 43.5 Å². The van der Waals surface area contributed by atoms with Crippen LogP contribution in [0.25, 0.3) is 0 Å². The van der Waals surface area contributed by atoms with E-state index in [0.29, 0.717) is 12.0 Å². The van der Waals surface area contributed by atoms with Crippen LogP contribution in [-0.4, -0.2) is 24.6 Å². The van der Waals surface area contributed by atoms with E-state index in [1.807, 2.05) is 0 Å². The molecule has 0 aromatic carbocycles. The van der Waals surface area contributed by atoms with E-state index >= 15 is 0 Å². The van der Waals surface area contributed by atoms with Gasteiger partial charge in [0, 0.05) is 25.3 Å². The third kappa shape index (κ3) is 4.50. The molecule has 1 aromatic heterocycles. The minimum absolute atomic E-state index is 0.464. The van der Waals surface area contributed by atoms with Crippen molar-refractivity contribution in [2.45, 2.75) is 59.5 Å². The van der Waals surface area contributed by atoms with Crippen LogP contribution in [-0.2, 0) is 6.54 Å². The largest absolute Gasteiger partial charge is 0.357 e. The molecular formula is C16H29N3. The summed E-state index contributed by atoms with van der Waals surface area (Å²) in [5, 5.41) is 3.39. The second-order valence-corrected chi connectivity index (χ2v) is 5.56. The molecule has 3 nitrogen and oxygen atoms in total. The number of aromatic nitrogens is 1. The maximum atomic E-state index is 4.81. The Morgan fingerprint density at radius 2 is 1.89 bits per heavy atom. The first-order valence-electron chi connectivity index (χ1n) is 7.43. The van der Waals surface area contributed by atoms with Crippen molar-refractivity contribution in [3.63, 3.8) is 0 Å². The molecular weight excluding hydrogens is 234 g/mol. The van der Waals surface area contributed by atoms with Gasteiger partial charge in [0.15, 0.2) is 0 Å². The Hall–Kier alpha value is -1.09. The summed E-state index contributed by atoms with van der Waals surface area (Å²) < 4.78 is 0. The molecule has 1 aromatic rings. The van der Waals surface area contributed by atoms with E-state index in [1.54, 1.807) is 0 Å². The lowest BCUT2D eigenvalue weighted by Gasteiger charge is -2.26. The average Bonchev–Trinajstić information content (AvgIpc) is 2.42. The average molecular weight is 263 g/mol. The Morgan fingerprint density at radius 1 is 1.21 bits per heavy atom. The van der Waals surface area contributed by atoms with Crippen molar-refractivity contribution < 1.29 is 0 Å². The van der Waals surface area contributed by atoms with Gasteiger partial charge in [-0.3, -0.25) is 0 Å². The molecule has 0 spiro atoms. The van der Waals surface area contributed by atoms with Gasteiger partial charge in [0.2, 0.25) is 0 Å². The highest BCUT2D eigenvalue weighted by molar-refractivity contribution is 5.43. The molecule has 1 rings (SSSR count). The van der Waals surface area contributed by atoms with E-state index in [-0.39, 0.29) is 0 Å². The van der Waals surface area contributed by atoms with Crippen LogP contribution in [0.3, 0.4) is 0 Å². The SMILES string of the molecule is CCNCc1cc(C(C)C)nc(N(C)C(C)CC)c1. The number of pyridine rings is 1. The number of rotatable bonds is 7. The Balaban J connectivity index is 3.05. The quantitative estimate of drug-likeness (QED) is 0.815. The zero-order valence-electron chi connectivity index (χ0n) is 13.3. The molecule has 0 saturated carbocycles. The zero-order valence-corrected chi connectivity index (χ0v) is 13.3. The van der Waals surface area contributed by atoms with Crippen molar-refractivity contribution in [3.05, 3.63) is 23.4 Å². The van der Waals surface area contributed by atoms with Crippen molar-refractivity contribution in [1.82, 2.24) is 10.3 Å². The van der Waals surface area contributed by atoms with Crippen LogP contribution < -0.4 is 10.2 Å². The fourth-order valence-electron chi connectivity index (χ4n) is 1.94. The van der Waals surface area contributed by atoms with Crippen molar-refractivity contribution in [3.8, 4) is 0 Å². The van der Waals surface area contributed by atoms with Gasteiger partial charge in [-0.2, -0.15) is 0 Å². The lowest BCUT2D eigenvalue weighted by Crippen LogP contribution is -2.29. The van der Waals surface area contributed by atoms with Crippen LogP contribution in [0.1, 0.15) is 58.2 Å². The zero-order chi connectivity index (χ0) is 14.4. The Kier molecular flexibility index (Phi) is 6.29. The highest BCUT2D eigenvalue weighted by atomic mass is 15.2. The molecule has 1 heterocycles. The molecule has 108 valence electrons. The predicted octanol–water partition coefficient (Wildman–Crippen LogP) is 3.55. The number of anilines is 1. The van der Waals surface area contributed by atoms with E-state index < -0.39 is 0 Å². The first-order chi connectivity index (χ1) is 8.99. The monoisotopic (exact) mass is 263 g/mol. The van der Waals surface area contributed by atoms with Crippen LogP contribution in [0.5, 0.6) is 0 Å². The third-order valence-corrected chi connectivity index (χ3v) is 3.68. The first kappa shape index (κ1) is 16.0. The van der Waals surface area contributed by atoms with Gasteiger partial charge in [-0.1, -0.05) is 27.7 Å². The summed E-state index contributed by atoms with van der Waals surface area (Å²) in [6.07, 6.45) is 1.13. The smallest absolute Gasteiger partial charge is 0.129 e. The lowest BCUT2D eigenvalue weighted by atomic mass is 10.1. The summed E-state index contributed by atoms with van der Waals surface area (Å²) in [6.45, 7) is 12.9. The number of hydrogen-bond donors (Lipinski definition) is 1. The molecule has 1 N–H and O–H groups in total. The lowest BCUT2D eigenvalue weighted by molar-refractivity contribution is 0.651. The summed E-state index contributed by atoms with van der Waals surface area (Å²) in [5.74, 6) is 1.55. The van der Waals surface area contributed by atoms with Gasteiger partial charge in [-0.15, -0.1) is 0 Å². The Morgan fingerprint density at radius 3 is 2.42 bits per heavy atom. The van der Waals surface area contributed by atoms with E-state index in [0.717, 1.165) is 25.3 Å². The number of nitrogens with zero attached hydrogens (tertiary/aromatic N) is 2. The minimum Gasteiger partial charge on any atom is -0.357 e. The second kappa shape index (κ2) is 7.49. The minimum atomic E-state index is 0.464. The molecule has 1 unspecified atom stereocenters. The topological polar surface area (TPSA) is 28.2 Å². The van der Waals surface area contributed by atoms with Crippen LogP contribution in [0.15, 0.2) is 12.1 Å².